The largest absolute Gasteiger partial charge is 0.327 e. The zero-order valence-corrected chi connectivity index (χ0v) is 22.3. The summed E-state index contributed by atoms with van der Waals surface area (Å²) in [5.74, 6) is 0. The lowest BCUT2D eigenvalue weighted by molar-refractivity contribution is 0.249. The number of hydrogen-bond acceptors (Lipinski definition) is 4. The van der Waals surface area contributed by atoms with Gasteiger partial charge < -0.3 is 18.4 Å². The van der Waals surface area contributed by atoms with E-state index >= 15 is 0 Å². The Labute approximate surface area is 153 Å². The highest BCUT2D eigenvalue weighted by atomic mass is 28.4. The average Bonchev–Trinajstić information content (AvgIpc) is 2.04. The number of nitrogens with one attached hydrogen (secondary N) is 2. The van der Waals surface area contributed by atoms with Crippen LogP contribution in [0.15, 0.2) is 0 Å². The maximum atomic E-state index is 3.51. The van der Waals surface area contributed by atoms with E-state index in [1.54, 1.807) is 0 Å². The summed E-state index contributed by atoms with van der Waals surface area (Å²) in [4.78, 5) is 7.01. The quantitative estimate of drug-likeness (QED) is 0.703. The smallest absolute Gasteiger partial charge is 0.168 e. The van der Waals surface area contributed by atoms with E-state index in [1.165, 1.54) is 0 Å². The van der Waals surface area contributed by atoms with Crippen LogP contribution in [0.3, 0.4) is 0 Å². The van der Waals surface area contributed by atoms with E-state index in [9.17, 15) is 0 Å². The van der Waals surface area contributed by atoms with Gasteiger partial charge in [0.2, 0.25) is 0 Å². The van der Waals surface area contributed by atoms with E-state index < -0.39 is 0 Å². The first-order chi connectivity index (χ1) is 9.92. The van der Waals surface area contributed by atoms with Crippen LogP contribution in [0, 0.1) is 0 Å². The van der Waals surface area contributed by atoms with Crippen molar-refractivity contribution >= 4 is 29.5 Å². The van der Waals surface area contributed by atoms with Crippen LogP contribution in [0.25, 0.3) is 0 Å². The predicted molar refractivity (Wildman–Crippen MR) is 115 cm³/mol. The van der Waals surface area contributed by atoms with Crippen LogP contribution in [0.5, 0.6) is 0 Å². The van der Waals surface area contributed by atoms with Crippen LogP contribution in [0.4, 0.5) is 0 Å². The molecule has 0 amide bonds. The van der Waals surface area contributed by atoms with Crippen molar-refractivity contribution in [2.75, 3.05) is 0 Å². The molecule has 0 bridgehead atoms. The number of nitrogens with zero attached hydrogens (tertiary/aromatic N) is 2. The van der Waals surface area contributed by atoms with Crippen LogP contribution in [0.2, 0.25) is 0 Å². The van der Waals surface area contributed by atoms with E-state index in [0.29, 0.717) is 11.1 Å². The molecular weight excluding hydrogens is 332 g/mol. The Morgan fingerprint density at radius 1 is 0.565 bits per heavy atom. The lowest BCUT2D eigenvalue weighted by Crippen LogP contribution is -2.71. The molecule has 7 heteroatoms. The Morgan fingerprint density at radius 3 is 1.00 bits per heavy atom. The molecule has 0 spiro atoms. The molecule has 1 heterocycles. The summed E-state index contributed by atoms with van der Waals surface area (Å²) in [6, 6.07) is 0. The number of rotatable bonds is 2. The first-order valence-corrected chi connectivity index (χ1v) is 12.9. The summed E-state index contributed by atoms with van der Waals surface area (Å²) in [5, 5.41) is 0. The lowest BCUT2D eigenvalue weighted by atomic mass is 10.1. The first kappa shape index (κ1) is 23.5. The highest BCUT2D eigenvalue weighted by Gasteiger charge is 2.38. The van der Waals surface area contributed by atoms with Gasteiger partial charge in [0.05, 0.1) is 0 Å². The van der Waals surface area contributed by atoms with Gasteiger partial charge in [-0.2, -0.15) is 0 Å². The van der Waals surface area contributed by atoms with E-state index in [-0.39, 0.29) is 40.6 Å². The van der Waals surface area contributed by atoms with Gasteiger partial charge in [-0.25, -0.2) is 0 Å². The molecule has 0 aliphatic carbocycles. The Morgan fingerprint density at radius 2 is 0.826 bits per heavy atom. The molecule has 0 aromatic rings. The molecule has 0 radical (unpaired) electrons. The fourth-order valence-corrected chi connectivity index (χ4v) is 7.18. The Bertz CT molecular complexity index is 310. The maximum Gasteiger partial charge on any atom is 0.168 e. The summed E-state index contributed by atoms with van der Waals surface area (Å²) >= 11 is 0. The third-order valence-electron chi connectivity index (χ3n) is 3.82. The molecular formula is C16H44N4Si3. The molecule has 0 aromatic carbocycles. The van der Waals surface area contributed by atoms with Crippen molar-refractivity contribution in [1.29, 1.82) is 0 Å². The topological polar surface area (TPSA) is 30.5 Å². The van der Waals surface area contributed by atoms with Crippen molar-refractivity contribution in [1.82, 2.24) is 18.4 Å². The molecule has 4 nitrogen and oxygen atoms in total. The molecule has 140 valence electrons. The van der Waals surface area contributed by atoms with Crippen molar-refractivity contribution in [2.45, 2.75) is 105 Å². The van der Waals surface area contributed by atoms with Crippen LogP contribution >= 0.6 is 0 Å². The van der Waals surface area contributed by atoms with Gasteiger partial charge >= 0.3 is 0 Å². The van der Waals surface area contributed by atoms with Gasteiger partial charge in [0.15, 0.2) is 29.5 Å². The van der Waals surface area contributed by atoms with Crippen molar-refractivity contribution < 1.29 is 0 Å². The molecule has 0 aromatic heterocycles. The molecule has 1 saturated heterocycles. The molecule has 0 atom stereocenters. The van der Waals surface area contributed by atoms with Crippen molar-refractivity contribution in [3.05, 3.63) is 0 Å². The highest BCUT2D eigenvalue weighted by molar-refractivity contribution is 6.65. The molecule has 2 N–H and O–H groups in total. The fraction of sp³-hybridized carbons (Fsp3) is 1.00. The normalized spacial score (nSPS) is 20.3. The maximum absolute atomic E-state index is 3.51. The second-order valence-corrected chi connectivity index (χ2v) is 17.2. The third kappa shape index (κ3) is 11.6. The summed E-state index contributed by atoms with van der Waals surface area (Å²) in [6.45, 7) is 27.2. The van der Waals surface area contributed by atoms with E-state index in [1.807, 2.05) is 0 Å². The molecule has 0 unspecified atom stereocenters. The highest BCUT2D eigenvalue weighted by Crippen LogP contribution is 2.23. The van der Waals surface area contributed by atoms with Gasteiger partial charge in [-0.05, 0) is 83.1 Å². The van der Waals surface area contributed by atoms with Crippen LogP contribution in [-0.2, 0) is 0 Å². The van der Waals surface area contributed by atoms with Crippen molar-refractivity contribution in [3.63, 3.8) is 0 Å². The minimum absolute atomic E-state index is 0.0471. The predicted octanol–water partition coefficient (Wildman–Crippen LogP) is 0.960. The zero-order valence-electron chi connectivity index (χ0n) is 18.0. The van der Waals surface area contributed by atoms with Crippen molar-refractivity contribution in [2.24, 2.45) is 0 Å². The standard InChI is InChI=1S/C8H22N2Si2.C8H22N2Si/c1-7(2,3)9-11-10(12-9)8(4,5)6;1-7(2,3)9-11-10-8(4,5)6/h11-12H2,1-6H3;9-10H,11H2,1-6H3. The molecule has 1 rings (SSSR count). The second-order valence-electron chi connectivity index (χ2n) is 10.7. The van der Waals surface area contributed by atoms with Gasteiger partial charge in [0, 0.05) is 22.2 Å². The second kappa shape index (κ2) is 8.25. The Kier molecular flexibility index (Phi) is 8.42. The van der Waals surface area contributed by atoms with Crippen LogP contribution < -0.4 is 9.96 Å². The first-order valence-electron chi connectivity index (χ1n) is 8.92. The minimum atomic E-state index is -0.297. The molecule has 1 fully saturated rings. The van der Waals surface area contributed by atoms with Crippen LogP contribution in [-0.4, -0.2) is 60.1 Å². The van der Waals surface area contributed by atoms with E-state index in [0.717, 1.165) is 0 Å². The van der Waals surface area contributed by atoms with Gasteiger partial charge in [0.1, 0.15) is 0 Å². The summed E-state index contributed by atoms with van der Waals surface area (Å²) in [5.41, 5.74) is 1.45. The van der Waals surface area contributed by atoms with Gasteiger partial charge in [0.25, 0.3) is 0 Å². The van der Waals surface area contributed by atoms with E-state index in [2.05, 4.69) is 102 Å². The summed E-state index contributed by atoms with van der Waals surface area (Å²) in [7, 11) is -0.391. The fourth-order valence-electron chi connectivity index (χ4n) is 1.79. The number of hydrogen-bond donors (Lipinski definition) is 2. The average molecular weight is 377 g/mol. The van der Waals surface area contributed by atoms with Gasteiger partial charge in [-0.1, -0.05) is 0 Å². The zero-order chi connectivity index (χ0) is 18.7. The van der Waals surface area contributed by atoms with Gasteiger partial charge in [-0.3, -0.25) is 0 Å². The third-order valence-corrected chi connectivity index (χ3v) is 13.9. The molecule has 1 aliphatic rings. The SMILES string of the molecule is CC(C)(C)N1[SiH2]N(C(C)(C)C)[SiH2]1.CC(C)(C)N[SiH2]NC(C)(C)C. The van der Waals surface area contributed by atoms with Crippen molar-refractivity contribution in [3.8, 4) is 0 Å². The molecule has 1 aliphatic heterocycles. The molecule has 0 saturated carbocycles. The Balaban J connectivity index is 0.000000423. The monoisotopic (exact) mass is 376 g/mol. The van der Waals surface area contributed by atoms with Crippen LogP contribution in [0.1, 0.15) is 83.1 Å². The lowest BCUT2D eigenvalue weighted by Gasteiger charge is -2.55. The molecule has 23 heavy (non-hydrogen) atoms. The Hall–Kier alpha value is 0.491. The van der Waals surface area contributed by atoms with E-state index in [4.69, 9.17) is 0 Å². The minimum Gasteiger partial charge on any atom is -0.327 e. The summed E-state index contributed by atoms with van der Waals surface area (Å²) < 4.78 is 5.52. The summed E-state index contributed by atoms with van der Waals surface area (Å²) in [6.07, 6.45) is 0. The van der Waals surface area contributed by atoms with Gasteiger partial charge in [-0.15, -0.1) is 0 Å².